The maximum absolute atomic E-state index is 12.7. The monoisotopic (exact) mass is 386 g/mol. The molecule has 7 nitrogen and oxygen atoms in total. The molecule has 28 heavy (non-hydrogen) atoms. The van der Waals surface area contributed by atoms with Crippen LogP contribution < -0.4 is 5.32 Å². The van der Waals surface area contributed by atoms with Crippen LogP contribution in [-0.2, 0) is 14.3 Å². The lowest BCUT2D eigenvalue weighted by Crippen LogP contribution is -2.49. The van der Waals surface area contributed by atoms with Crippen molar-refractivity contribution in [3.63, 3.8) is 0 Å². The maximum atomic E-state index is 12.7. The van der Waals surface area contributed by atoms with Gasteiger partial charge < -0.3 is 10.1 Å². The summed E-state index contributed by atoms with van der Waals surface area (Å²) in [7, 11) is 0. The molecule has 3 amide bonds. The van der Waals surface area contributed by atoms with Crippen molar-refractivity contribution in [2.75, 3.05) is 6.61 Å². The molecule has 0 saturated heterocycles. The third-order valence-corrected chi connectivity index (χ3v) is 5.29. The van der Waals surface area contributed by atoms with Gasteiger partial charge in [0.15, 0.2) is 6.61 Å². The lowest BCUT2D eigenvalue weighted by atomic mass is 9.95. The van der Waals surface area contributed by atoms with Crippen LogP contribution in [0.15, 0.2) is 24.3 Å². The molecule has 0 bridgehead atoms. The fourth-order valence-corrected chi connectivity index (χ4v) is 3.87. The standard InChI is InChI=1S/C21H26N2O5/c1-13(2)18(23-19(25)15-10-6-7-11-16(15)20(23)26)21(27)28-12-17(24)22-14-8-4-3-5-9-14/h6-7,10-11,13-14,18H,3-5,8-9,12H2,1-2H3,(H,22,24)/t18-/m0/s1. The summed E-state index contributed by atoms with van der Waals surface area (Å²) in [5.41, 5.74) is 0.557. The zero-order chi connectivity index (χ0) is 20.3. The topological polar surface area (TPSA) is 92.8 Å². The predicted molar refractivity (Wildman–Crippen MR) is 102 cm³/mol. The Morgan fingerprint density at radius 2 is 1.64 bits per heavy atom. The number of fused-ring (bicyclic) bond motifs is 1. The summed E-state index contributed by atoms with van der Waals surface area (Å²) >= 11 is 0. The fraction of sp³-hybridized carbons (Fsp3) is 0.524. The van der Waals surface area contributed by atoms with E-state index < -0.39 is 30.4 Å². The molecule has 0 radical (unpaired) electrons. The Morgan fingerprint density at radius 1 is 1.07 bits per heavy atom. The van der Waals surface area contributed by atoms with Crippen molar-refractivity contribution in [2.45, 2.75) is 58.0 Å². The van der Waals surface area contributed by atoms with E-state index in [4.69, 9.17) is 4.74 Å². The zero-order valence-electron chi connectivity index (χ0n) is 16.3. The molecule has 1 aromatic rings. The van der Waals surface area contributed by atoms with Gasteiger partial charge in [-0.2, -0.15) is 0 Å². The molecule has 7 heteroatoms. The molecule has 1 aliphatic heterocycles. The first kappa shape index (κ1) is 20.0. The van der Waals surface area contributed by atoms with E-state index in [1.807, 2.05) is 0 Å². The Balaban J connectivity index is 1.64. The SMILES string of the molecule is CC(C)[C@@H](C(=O)OCC(=O)NC1CCCCC1)N1C(=O)c2ccccc2C1=O. The summed E-state index contributed by atoms with van der Waals surface area (Å²) in [6, 6.07) is 5.52. The summed E-state index contributed by atoms with van der Waals surface area (Å²) in [6.07, 6.45) is 5.21. The quantitative estimate of drug-likeness (QED) is 0.598. The number of ether oxygens (including phenoxy) is 1. The highest BCUT2D eigenvalue weighted by Crippen LogP contribution is 2.27. The average molecular weight is 386 g/mol. The van der Waals surface area contributed by atoms with Crippen molar-refractivity contribution in [3.05, 3.63) is 35.4 Å². The van der Waals surface area contributed by atoms with Crippen LogP contribution in [0.25, 0.3) is 0 Å². The highest BCUT2D eigenvalue weighted by Gasteiger charge is 2.44. The van der Waals surface area contributed by atoms with Gasteiger partial charge in [0.2, 0.25) is 0 Å². The molecule has 1 aliphatic carbocycles. The minimum Gasteiger partial charge on any atom is -0.454 e. The van der Waals surface area contributed by atoms with Gasteiger partial charge in [-0.1, -0.05) is 45.2 Å². The van der Waals surface area contributed by atoms with Crippen molar-refractivity contribution in [1.82, 2.24) is 10.2 Å². The smallest absolute Gasteiger partial charge is 0.330 e. The Bertz CT molecular complexity index is 748. The number of nitrogens with one attached hydrogen (secondary N) is 1. The fourth-order valence-electron chi connectivity index (χ4n) is 3.87. The lowest BCUT2D eigenvalue weighted by molar-refractivity contribution is -0.153. The summed E-state index contributed by atoms with van der Waals surface area (Å²) in [5.74, 6) is -2.48. The van der Waals surface area contributed by atoms with Crippen LogP contribution in [0, 0.1) is 5.92 Å². The first-order valence-electron chi connectivity index (χ1n) is 9.83. The molecule has 1 fully saturated rings. The Kier molecular flexibility index (Phi) is 6.11. The first-order valence-corrected chi connectivity index (χ1v) is 9.83. The van der Waals surface area contributed by atoms with Gasteiger partial charge in [0.1, 0.15) is 6.04 Å². The molecule has 1 heterocycles. The van der Waals surface area contributed by atoms with Crippen LogP contribution in [-0.4, -0.2) is 47.3 Å². The van der Waals surface area contributed by atoms with Gasteiger partial charge in [-0.25, -0.2) is 4.79 Å². The normalized spacial score (nSPS) is 18.2. The van der Waals surface area contributed by atoms with Gasteiger partial charge in [0.05, 0.1) is 11.1 Å². The van der Waals surface area contributed by atoms with Crippen LogP contribution in [0.1, 0.15) is 66.7 Å². The molecule has 0 aromatic heterocycles. The lowest BCUT2D eigenvalue weighted by Gasteiger charge is -2.27. The Hall–Kier alpha value is -2.70. The zero-order valence-corrected chi connectivity index (χ0v) is 16.3. The van der Waals surface area contributed by atoms with E-state index >= 15 is 0 Å². The van der Waals surface area contributed by atoms with Gasteiger partial charge >= 0.3 is 5.97 Å². The van der Waals surface area contributed by atoms with Crippen molar-refractivity contribution < 1.29 is 23.9 Å². The Morgan fingerprint density at radius 3 is 2.18 bits per heavy atom. The van der Waals surface area contributed by atoms with Gasteiger partial charge in [-0.15, -0.1) is 0 Å². The number of hydrogen-bond acceptors (Lipinski definition) is 5. The third-order valence-electron chi connectivity index (χ3n) is 5.29. The number of nitrogens with zero attached hydrogens (tertiary/aromatic N) is 1. The first-order chi connectivity index (χ1) is 13.4. The minimum atomic E-state index is -1.07. The van der Waals surface area contributed by atoms with Crippen molar-refractivity contribution >= 4 is 23.7 Å². The number of esters is 1. The highest BCUT2D eigenvalue weighted by atomic mass is 16.5. The summed E-state index contributed by atoms with van der Waals surface area (Å²) in [5, 5.41) is 2.88. The molecular weight excluding hydrogens is 360 g/mol. The second-order valence-corrected chi connectivity index (χ2v) is 7.72. The second kappa shape index (κ2) is 8.54. The van der Waals surface area contributed by atoms with Crippen molar-refractivity contribution in [1.29, 1.82) is 0 Å². The minimum absolute atomic E-state index is 0.122. The van der Waals surface area contributed by atoms with E-state index in [2.05, 4.69) is 5.32 Å². The summed E-state index contributed by atoms with van der Waals surface area (Å²) in [6.45, 7) is 3.05. The number of imide groups is 1. The van der Waals surface area contributed by atoms with E-state index in [0.717, 1.165) is 30.6 Å². The summed E-state index contributed by atoms with van der Waals surface area (Å²) < 4.78 is 5.18. The molecule has 1 saturated carbocycles. The van der Waals surface area contributed by atoms with Crippen LogP contribution >= 0.6 is 0 Å². The molecule has 150 valence electrons. The Labute approximate surface area is 164 Å². The van der Waals surface area contributed by atoms with Crippen LogP contribution in [0.5, 0.6) is 0 Å². The van der Waals surface area contributed by atoms with Crippen LogP contribution in [0.3, 0.4) is 0 Å². The molecule has 1 atom stereocenters. The molecule has 0 spiro atoms. The van der Waals surface area contributed by atoms with Gasteiger partial charge in [-0.3, -0.25) is 19.3 Å². The van der Waals surface area contributed by atoms with Gasteiger partial charge in [0, 0.05) is 6.04 Å². The van der Waals surface area contributed by atoms with Gasteiger partial charge in [0.25, 0.3) is 17.7 Å². The van der Waals surface area contributed by atoms with E-state index in [-0.39, 0.29) is 29.0 Å². The molecule has 1 aromatic carbocycles. The van der Waals surface area contributed by atoms with E-state index in [1.165, 1.54) is 6.42 Å². The molecule has 1 N–H and O–H groups in total. The molecule has 0 unspecified atom stereocenters. The molecule has 3 rings (SSSR count). The van der Waals surface area contributed by atoms with E-state index in [9.17, 15) is 19.2 Å². The van der Waals surface area contributed by atoms with Crippen LogP contribution in [0.4, 0.5) is 0 Å². The third kappa shape index (κ3) is 4.08. The number of rotatable bonds is 6. The van der Waals surface area contributed by atoms with Gasteiger partial charge in [-0.05, 0) is 30.9 Å². The average Bonchev–Trinajstić information content (AvgIpc) is 2.93. The maximum Gasteiger partial charge on any atom is 0.330 e. The second-order valence-electron chi connectivity index (χ2n) is 7.72. The largest absolute Gasteiger partial charge is 0.454 e. The van der Waals surface area contributed by atoms with Crippen molar-refractivity contribution in [2.24, 2.45) is 5.92 Å². The van der Waals surface area contributed by atoms with E-state index in [1.54, 1.807) is 38.1 Å². The number of carbonyl (C=O) groups is 4. The number of hydrogen-bond donors (Lipinski definition) is 1. The molecular formula is C21H26N2O5. The highest BCUT2D eigenvalue weighted by molar-refractivity contribution is 6.22. The number of benzene rings is 1. The van der Waals surface area contributed by atoms with Crippen molar-refractivity contribution in [3.8, 4) is 0 Å². The molecule has 2 aliphatic rings. The van der Waals surface area contributed by atoms with Crippen LogP contribution in [0.2, 0.25) is 0 Å². The number of carbonyl (C=O) groups excluding carboxylic acids is 4. The summed E-state index contributed by atoms with van der Waals surface area (Å²) in [4.78, 5) is 51.1. The predicted octanol–water partition coefficient (Wildman–Crippen LogP) is 2.30. The number of amides is 3. The van der Waals surface area contributed by atoms with E-state index in [0.29, 0.717) is 0 Å².